The maximum atomic E-state index is 12.8. The Morgan fingerprint density at radius 2 is 1.59 bits per heavy atom. The van der Waals surface area contributed by atoms with E-state index in [0.29, 0.717) is 29.4 Å². The van der Waals surface area contributed by atoms with E-state index in [-0.39, 0.29) is 11.9 Å². The molecule has 1 aliphatic rings. The Morgan fingerprint density at radius 3 is 2.31 bits per heavy atom. The highest BCUT2D eigenvalue weighted by atomic mass is 16.5. The Hall–Kier alpha value is -3.80. The third kappa shape index (κ3) is 4.21. The van der Waals surface area contributed by atoms with E-state index in [0.717, 1.165) is 5.56 Å². The number of fused-ring (bicyclic) bond motifs is 1. The Balaban J connectivity index is 1.57. The SMILES string of the molecule is CC1Oc2ccc(NC(=O)Nc3ccccc3)cc2N(Cc2ccccc2)C1=O. The van der Waals surface area contributed by atoms with Gasteiger partial charge in [-0.15, -0.1) is 0 Å². The van der Waals surface area contributed by atoms with Crippen molar-refractivity contribution in [2.24, 2.45) is 0 Å². The van der Waals surface area contributed by atoms with Crippen molar-refractivity contribution in [2.75, 3.05) is 15.5 Å². The molecule has 3 amide bonds. The number of hydrogen-bond acceptors (Lipinski definition) is 3. The highest BCUT2D eigenvalue weighted by molar-refractivity contribution is 6.03. The molecule has 0 bridgehead atoms. The summed E-state index contributed by atoms with van der Waals surface area (Å²) in [5, 5.41) is 5.58. The predicted octanol–water partition coefficient (Wildman–Crippen LogP) is 4.64. The van der Waals surface area contributed by atoms with E-state index >= 15 is 0 Å². The van der Waals surface area contributed by atoms with Crippen LogP contribution >= 0.6 is 0 Å². The van der Waals surface area contributed by atoms with Crippen molar-refractivity contribution >= 4 is 29.0 Å². The zero-order chi connectivity index (χ0) is 20.2. The Bertz CT molecular complexity index is 1020. The van der Waals surface area contributed by atoms with Gasteiger partial charge in [-0.05, 0) is 42.8 Å². The minimum absolute atomic E-state index is 0.118. The summed E-state index contributed by atoms with van der Waals surface area (Å²) in [6, 6.07) is 23.9. The lowest BCUT2D eigenvalue weighted by molar-refractivity contribution is -0.125. The predicted molar refractivity (Wildman–Crippen MR) is 113 cm³/mol. The average molecular weight is 387 g/mol. The lowest BCUT2D eigenvalue weighted by Gasteiger charge is -2.33. The van der Waals surface area contributed by atoms with Crippen molar-refractivity contribution in [1.82, 2.24) is 0 Å². The number of amides is 3. The summed E-state index contributed by atoms with van der Waals surface area (Å²) in [6.45, 7) is 2.17. The molecular formula is C23H21N3O3. The number of rotatable bonds is 4. The van der Waals surface area contributed by atoms with Gasteiger partial charge >= 0.3 is 6.03 Å². The molecule has 0 fully saturated rings. The first kappa shape index (κ1) is 18.6. The average Bonchev–Trinajstić information content (AvgIpc) is 2.73. The molecule has 1 unspecified atom stereocenters. The van der Waals surface area contributed by atoms with Crippen molar-refractivity contribution in [1.29, 1.82) is 0 Å². The zero-order valence-electron chi connectivity index (χ0n) is 16.0. The molecule has 0 saturated heterocycles. The number of para-hydroxylation sites is 1. The molecule has 146 valence electrons. The quantitative estimate of drug-likeness (QED) is 0.685. The molecule has 0 aliphatic carbocycles. The van der Waals surface area contributed by atoms with Crippen molar-refractivity contribution in [3.8, 4) is 5.75 Å². The number of ether oxygens (including phenoxy) is 1. The maximum absolute atomic E-state index is 12.8. The fourth-order valence-electron chi connectivity index (χ4n) is 3.23. The second-order valence-electron chi connectivity index (χ2n) is 6.80. The zero-order valence-corrected chi connectivity index (χ0v) is 16.0. The normalized spacial score (nSPS) is 15.3. The molecule has 6 nitrogen and oxygen atoms in total. The molecule has 3 aromatic rings. The van der Waals surface area contributed by atoms with E-state index in [1.165, 1.54) is 0 Å². The van der Waals surface area contributed by atoms with E-state index in [2.05, 4.69) is 10.6 Å². The van der Waals surface area contributed by atoms with Gasteiger partial charge in [-0.25, -0.2) is 4.79 Å². The summed E-state index contributed by atoms with van der Waals surface area (Å²) in [6.07, 6.45) is -0.564. The van der Waals surface area contributed by atoms with E-state index in [4.69, 9.17) is 4.74 Å². The first-order valence-corrected chi connectivity index (χ1v) is 9.39. The number of benzene rings is 3. The summed E-state index contributed by atoms with van der Waals surface area (Å²) in [5.41, 5.74) is 2.91. The van der Waals surface area contributed by atoms with E-state index in [9.17, 15) is 9.59 Å². The van der Waals surface area contributed by atoms with Gasteiger partial charge in [0.25, 0.3) is 5.91 Å². The van der Waals surface area contributed by atoms with Crippen LogP contribution < -0.4 is 20.3 Å². The molecule has 1 aliphatic heterocycles. The van der Waals surface area contributed by atoms with Crippen LogP contribution in [0.25, 0.3) is 0 Å². The van der Waals surface area contributed by atoms with Crippen LogP contribution in [0.2, 0.25) is 0 Å². The van der Waals surface area contributed by atoms with Crippen LogP contribution in [0, 0.1) is 0 Å². The van der Waals surface area contributed by atoms with Gasteiger partial charge in [-0.2, -0.15) is 0 Å². The van der Waals surface area contributed by atoms with Crippen LogP contribution in [0.3, 0.4) is 0 Å². The molecule has 4 rings (SSSR count). The molecule has 6 heteroatoms. The summed E-state index contributed by atoms with van der Waals surface area (Å²) < 4.78 is 5.75. The topological polar surface area (TPSA) is 70.7 Å². The third-order valence-electron chi connectivity index (χ3n) is 4.64. The molecule has 2 N–H and O–H groups in total. The maximum Gasteiger partial charge on any atom is 0.323 e. The second-order valence-corrected chi connectivity index (χ2v) is 6.80. The fraction of sp³-hybridized carbons (Fsp3) is 0.130. The molecule has 1 heterocycles. The van der Waals surface area contributed by atoms with Crippen LogP contribution in [0.4, 0.5) is 21.9 Å². The first-order valence-electron chi connectivity index (χ1n) is 9.39. The van der Waals surface area contributed by atoms with Crippen molar-refractivity contribution in [3.63, 3.8) is 0 Å². The third-order valence-corrected chi connectivity index (χ3v) is 4.64. The molecule has 0 spiro atoms. The fourth-order valence-corrected chi connectivity index (χ4v) is 3.23. The van der Waals surface area contributed by atoms with Crippen LogP contribution in [0.1, 0.15) is 12.5 Å². The molecule has 0 saturated carbocycles. The van der Waals surface area contributed by atoms with Crippen molar-refractivity contribution < 1.29 is 14.3 Å². The van der Waals surface area contributed by atoms with Gasteiger partial charge < -0.3 is 20.3 Å². The standard InChI is InChI=1S/C23H21N3O3/c1-16-22(27)26(15-17-8-4-2-5-9-17)20-14-19(12-13-21(20)29-16)25-23(28)24-18-10-6-3-7-11-18/h2-14,16H,15H2,1H3,(H2,24,25,28). The highest BCUT2D eigenvalue weighted by Gasteiger charge is 2.31. The minimum Gasteiger partial charge on any atom is -0.479 e. The monoisotopic (exact) mass is 387 g/mol. The first-order chi connectivity index (χ1) is 14.1. The lowest BCUT2D eigenvalue weighted by atomic mass is 10.1. The van der Waals surface area contributed by atoms with Crippen LogP contribution in [0.15, 0.2) is 78.9 Å². The number of nitrogens with zero attached hydrogens (tertiary/aromatic N) is 1. The molecule has 1 atom stereocenters. The van der Waals surface area contributed by atoms with Gasteiger partial charge in [-0.3, -0.25) is 4.79 Å². The second kappa shape index (κ2) is 8.06. The molecular weight excluding hydrogens is 366 g/mol. The smallest absolute Gasteiger partial charge is 0.323 e. The Kier molecular flexibility index (Phi) is 5.16. The van der Waals surface area contributed by atoms with Gasteiger partial charge in [0, 0.05) is 11.4 Å². The van der Waals surface area contributed by atoms with Gasteiger partial charge in [-0.1, -0.05) is 48.5 Å². The van der Waals surface area contributed by atoms with Crippen molar-refractivity contribution in [3.05, 3.63) is 84.4 Å². The van der Waals surface area contributed by atoms with Crippen molar-refractivity contribution in [2.45, 2.75) is 19.6 Å². The summed E-state index contributed by atoms with van der Waals surface area (Å²) in [5.74, 6) is 0.495. The van der Waals surface area contributed by atoms with Gasteiger partial charge in [0.05, 0.1) is 12.2 Å². The Labute approximate surface area is 169 Å². The molecule has 0 aromatic heterocycles. The number of anilines is 3. The summed E-state index contributed by atoms with van der Waals surface area (Å²) in [7, 11) is 0. The number of nitrogens with one attached hydrogen (secondary N) is 2. The van der Waals surface area contributed by atoms with Crippen LogP contribution in [-0.2, 0) is 11.3 Å². The lowest BCUT2D eigenvalue weighted by Crippen LogP contribution is -2.44. The van der Waals surface area contributed by atoms with Gasteiger partial charge in [0.1, 0.15) is 5.75 Å². The Morgan fingerprint density at radius 1 is 0.931 bits per heavy atom. The van der Waals surface area contributed by atoms with E-state index < -0.39 is 6.10 Å². The van der Waals surface area contributed by atoms with Gasteiger partial charge in [0.15, 0.2) is 6.10 Å². The molecule has 0 radical (unpaired) electrons. The van der Waals surface area contributed by atoms with Crippen LogP contribution in [0.5, 0.6) is 5.75 Å². The van der Waals surface area contributed by atoms with Crippen LogP contribution in [-0.4, -0.2) is 18.0 Å². The molecule has 29 heavy (non-hydrogen) atoms. The van der Waals surface area contributed by atoms with E-state index in [1.807, 2.05) is 60.7 Å². The van der Waals surface area contributed by atoms with Gasteiger partial charge in [0.2, 0.25) is 0 Å². The summed E-state index contributed by atoms with van der Waals surface area (Å²) in [4.78, 5) is 26.8. The number of urea groups is 1. The summed E-state index contributed by atoms with van der Waals surface area (Å²) >= 11 is 0. The number of carbonyl (C=O) groups is 2. The number of hydrogen-bond donors (Lipinski definition) is 2. The minimum atomic E-state index is -0.564. The number of carbonyl (C=O) groups excluding carboxylic acids is 2. The van der Waals surface area contributed by atoms with E-state index in [1.54, 1.807) is 30.0 Å². The highest BCUT2D eigenvalue weighted by Crippen LogP contribution is 2.37. The molecule has 3 aromatic carbocycles. The largest absolute Gasteiger partial charge is 0.479 e.